The number of rotatable bonds is 5. The largest absolute Gasteiger partial charge is 0.325 e. The molecular formula is C42H36N2. The quantitative estimate of drug-likeness (QED) is 0.149. The molecule has 0 fully saturated rings. The van der Waals surface area contributed by atoms with Crippen molar-refractivity contribution in [2.24, 2.45) is 10.9 Å². The number of aliphatic imine (C=N–C) groups is 1. The Labute approximate surface area is 260 Å². The summed E-state index contributed by atoms with van der Waals surface area (Å²) in [5, 5.41) is 5.13. The maximum absolute atomic E-state index is 5.10. The minimum atomic E-state index is 0.267. The van der Waals surface area contributed by atoms with Gasteiger partial charge in [0.2, 0.25) is 0 Å². The summed E-state index contributed by atoms with van der Waals surface area (Å²) in [6, 6.07) is 47.4. The highest BCUT2D eigenvalue weighted by atomic mass is 15.3. The zero-order valence-electron chi connectivity index (χ0n) is 25.3. The smallest absolute Gasteiger partial charge is 0.104 e. The summed E-state index contributed by atoms with van der Waals surface area (Å²) in [7, 11) is 0. The van der Waals surface area contributed by atoms with Crippen molar-refractivity contribution >= 4 is 33.1 Å². The minimum absolute atomic E-state index is 0.267. The second-order valence-corrected chi connectivity index (χ2v) is 12.3. The fourth-order valence-corrected chi connectivity index (χ4v) is 7.44. The number of allylic oxidation sites excluding steroid dienone is 1. The van der Waals surface area contributed by atoms with E-state index in [4.69, 9.17) is 4.99 Å². The van der Waals surface area contributed by atoms with Gasteiger partial charge in [0.25, 0.3) is 0 Å². The van der Waals surface area contributed by atoms with E-state index in [1.807, 2.05) is 0 Å². The zero-order valence-corrected chi connectivity index (χ0v) is 25.3. The van der Waals surface area contributed by atoms with Gasteiger partial charge < -0.3 is 4.90 Å². The van der Waals surface area contributed by atoms with Crippen LogP contribution in [0.1, 0.15) is 26.7 Å². The van der Waals surface area contributed by atoms with Gasteiger partial charge in [0.05, 0.1) is 12.1 Å². The standard InChI is InChI=1S/C42H36N2/c1-3-40-43-38-26-17-28(2)27-39(38)44(40)33-24-22-32(23-25-33)42-36-15-9-7-13-34(36)41(35-14-8-10-16-37(35)42)31-20-18-30(19-21-31)29-11-5-4-6-12-29/h4-26,28,38-39H,3,27H2,1-2H3. The molecule has 1 aliphatic heterocycles. The Balaban J connectivity index is 1.25. The lowest BCUT2D eigenvalue weighted by Gasteiger charge is -2.33. The first-order valence-electron chi connectivity index (χ1n) is 15.9. The van der Waals surface area contributed by atoms with Crippen LogP contribution in [0.25, 0.3) is 54.9 Å². The van der Waals surface area contributed by atoms with Gasteiger partial charge in [-0.05, 0) is 79.4 Å². The molecule has 0 radical (unpaired) electrons. The Morgan fingerprint density at radius 1 is 0.568 bits per heavy atom. The third-order valence-electron chi connectivity index (χ3n) is 9.51. The van der Waals surface area contributed by atoms with Gasteiger partial charge in [-0.1, -0.05) is 141 Å². The van der Waals surface area contributed by atoms with Crippen molar-refractivity contribution in [3.63, 3.8) is 0 Å². The van der Waals surface area contributed by atoms with Gasteiger partial charge in [-0.3, -0.25) is 4.99 Å². The van der Waals surface area contributed by atoms with Gasteiger partial charge in [-0.15, -0.1) is 0 Å². The number of benzene rings is 6. The van der Waals surface area contributed by atoms with Crippen molar-refractivity contribution in [3.8, 4) is 33.4 Å². The van der Waals surface area contributed by atoms with E-state index < -0.39 is 0 Å². The number of fused-ring (bicyclic) bond motifs is 3. The van der Waals surface area contributed by atoms with E-state index in [1.165, 1.54) is 66.4 Å². The van der Waals surface area contributed by atoms with E-state index in [0.717, 1.165) is 12.8 Å². The summed E-state index contributed by atoms with van der Waals surface area (Å²) >= 11 is 0. The van der Waals surface area contributed by atoms with Crippen LogP contribution < -0.4 is 4.90 Å². The van der Waals surface area contributed by atoms with E-state index >= 15 is 0 Å². The molecule has 3 unspecified atom stereocenters. The molecule has 6 aromatic rings. The molecule has 0 N–H and O–H groups in total. The van der Waals surface area contributed by atoms with Crippen LogP contribution in [0.2, 0.25) is 0 Å². The number of amidine groups is 1. The molecule has 2 aliphatic rings. The van der Waals surface area contributed by atoms with Crippen LogP contribution in [-0.4, -0.2) is 17.9 Å². The molecule has 3 atom stereocenters. The number of hydrogen-bond donors (Lipinski definition) is 0. The summed E-state index contributed by atoms with van der Waals surface area (Å²) in [4.78, 5) is 7.61. The average molecular weight is 569 g/mol. The highest BCUT2D eigenvalue weighted by Crippen LogP contribution is 2.44. The Morgan fingerprint density at radius 2 is 1.05 bits per heavy atom. The SMILES string of the molecule is CCC1=NC2C=CC(C)CC2N1c1ccc(-c2c3ccccc3c(-c3ccc(-c4ccccc4)cc3)c3ccccc23)cc1. The topological polar surface area (TPSA) is 15.6 Å². The predicted molar refractivity (Wildman–Crippen MR) is 188 cm³/mol. The Bertz CT molecular complexity index is 1980. The third kappa shape index (κ3) is 4.45. The van der Waals surface area contributed by atoms with E-state index in [-0.39, 0.29) is 6.04 Å². The van der Waals surface area contributed by atoms with Crippen LogP contribution in [-0.2, 0) is 0 Å². The van der Waals surface area contributed by atoms with Gasteiger partial charge in [0.15, 0.2) is 0 Å². The van der Waals surface area contributed by atoms with Gasteiger partial charge in [-0.2, -0.15) is 0 Å². The average Bonchev–Trinajstić information content (AvgIpc) is 3.45. The molecule has 44 heavy (non-hydrogen) atoms. The van der Waals surface area contributed by atoms with Crippen molar-refractivity contribution in [2.75, 3.05) is 4.90 Å². The molecule has 8 rings (SSSR count). The van der Waals surface area contributed by atoms with Crippen LogP contribution in [0.15, 0.2) is 145 Å². The Morgan fingerprint density at radius 3 is 1.59 bits per heavy atom. The first-order chi connectivity index (χ1) is 21.7. The highest BCUT2D eigenvalue weighted by molar-refractivity contribution is 6.21. The van der Waals surface area contributed by atoms with E-state index in [9.17, 15) is 0 Å². The monoisotopic (exact) mass is 568 g/mol. The molecule has 0 saturated heterocycles. The molecule has 0 amide bonds. The second-order valence-electron chi connectivity index (χ2n) is 12.3. The molecule has 6 aromatic carbocycles. The molecular weight excluding hydrogens is 532 g/mol. The summed E-state index contributed by atoms with van der Waals surface area (Å²) < 4.78 is 0. The zero-order chi connectivity index (χ0) is 29.6. The van der Waals surface area contributed by atoms with Gasteiger partial charge >= 0.3 is 0 Å². The minimum Gasteiger partial charge on any atom is -0.325 e. The number of nitrogens with zero attached hydrogens (tertiary/aromatic N) is 2. The van der Waals surface area contributed by atoms with Crippen molar-refractivity contribution < 1.29 is 0 Å². The number of anilines is 1. The van der Waals surface area contributed by atoms with Gasteiger partial charge in [-0.25, -0.2) is 0 Å². The summed E-state index contributed by atoms with van der Waals surface area (Å²) in [5.41, 5.74) is 8.79. The molecule has 1 heterocycles. The first-order valence-corrected chi connectivity index (χ1v) is 15.9. The summed E-state index contributed by atoms with van der Waals surface area (Å²) in [5.74, 6) is 1.78. The molecule has 0 bridgehead atoms. The predicted octanol–water partition coefficient (Wildman–Crippen LogP) is 11.0. The van der Waals surface area contributed by atoms with Crippen molar-refractivity contribution in [3.05, 3.63) is 140 Å². The maximum Gasteiger partial charge on any atom is 0.104 e. The molecule has 2 heteroatoms. The van der Waals surface area contributed by atoms with Crippen LogP contribution >= 0.6 is 0 Å². The van der Waals surface area contributed by atoms with Crippen LogP contribution in [0.5, 0.6) is 0 Å². The summed E-state index contributed by atoms with van der Waals surface area (Å²) in [6.45, 7) is 4.54. The van der Waals surface area contributed by atoms with Crippen LogP contribution in [0, 0.1) is 5.92 Å². The Kier molecular flexibility index (Phi) is 6.64. The van der Waals surface area contributed by atoms with Gasteiger partial charge in [0, 0.05) is 12.1 Å². The highest BCUT2D eigenvalue weighted by Gasteiger charge is 2.37. The van der Waals surface area contributed by atoms with Crippen molar-refractivity contribution in [1.29, 1.82) is 0 Å². The molecule has 0 saturated carbocycles. The fraction of sp³-hybridized carbons (Fsp3) is 0.167. The second kappa shape index (κ2) is 11.0. The third-order valence-corrected chi connectivity index (χ3v) is 9.51. The normalized spacial score (nSPS) is 19.4. The van der Waals surface area contributed by atoms with Crippen molar-refractivity contribution in [1.82, 2.24) is 0 Å². The van der Waals surface area contributed by atoms with E-state index in [0.29, 0.717) is 12.0 Å². The summed E-state index contributed by atoms with van der Waals surface area (Å²) in [6.07, 6.45) is 6.74. The molecule has 214 valence electrons. The fourth-order valence-electron chi connectivity index (χ4n) is 7.44. The van der Waals surface area contributed by atoms with E-state index in [2.05, 4.69) is 158 Å². The molecule has 1 aliphatic carbocycles. The van der Waals surface area contributed by atoms with Gasteiger partial charge in [0.1, 0.15) is 5.84 Å². The maximum atomic E-state index is 5.10. The molecule has 2 nitrogen and oxygen atoms in total. The van der Waals surface area contributed by atoms with Crippen molar-refractivity contribution in [2.45, 2.75) is 38.8 Å². The first kappa shape index (κ1) is 26.7. The molecule has 0 spiro atoms. The molecule has 0 aromatic heterocycles. The number of hydrogen-bond acceptors (Lipinski definition) is 2. The lowest BCUT2D eigenvalue weighted by Crippen LogP contribution is -2.41. The lowest BCUT2D eigenvalue weighted by atomic mass is 9.85. The van der Waals surface area contributed by atoms with Crippen LogP contribution in [0.4, 0.5) is 5.69 Å². The Hall–Kier alpha value is -4.95. The lowest BCUT2D eigenvalue weighted by molar-refractivity contribution is 0.487. The van der Waals surface area contributed by atoms with Crippen LogP contribution in [0.3, 0.4) is 0 Å². The van der Waals surface area contributed by atoms with E-state index in [1.54, 1.807) is 0 Å².